The predicted molar refractivity (Wildman–Crippen MR) is 84.3 cm³/mol. The number of amides is 2. The minimum absolute atomic E-state index is 0.110. The molecule has 0 bridgehead atoms. The Bertz CT molecular complexity index is 397. The molecular weight excluding hydrogens is 252 g/mol. The van der Waals surface area contributed by atoms with Gasteiger partial charge in [-0.2, -0.15) is 0 Å². The standard InChI is InChI=1S/C15H26N4O/c1-5-9-19(10-6-2)13-7-8-14(16-11-13)18-15(20)17-12(3)4/h7-8,11-12H,5-6,9-10H2,1-4H3,(H2,16,17,18,20). The second kappa shape index (κ2) is 8.40. The number of urea groups is 1. The Morgan fingerprint density at radius 1 is 1.25 bits per heavy atom. The van der Waals surface area contributed by atoms with Crippen molar-refractivity contribution in [3.05, 3.63) is 18.3 Å². The zero-order chi connectivity index (χ0) is 15.0. The van der Waals surface area contributed by atoms with E-state index in [1.165, 1.54) is 0 Å². The van der Waals surface area contributed by atoms with Crippen LogP contribution in [-0.2, 0) is 0 Å². The van der Waals surface area contributed by atoms with Crippen LogP contribution in [0.1, 0.15) is 40.5 Å². The fourth-order valence-electron chi connectivity index (χ4n) is 1.97. The Balaban J connectivity index is 2.64. The van der Waals surface area contributed by atoms with E-state index in [0.717, 1.165) is 31.6 Å². The van der Waals surface area contributed by atoms with Crippen molar-refractivity contribution in [1.29, 1.82) is 0 Å². The van der Waals surface area contributed by atoms with E-state index in [1.807, 2.05) is 32.2 Å². The number of hydrogen-bond donors (Lipinski definition) is 2. The summed E-state index contributed by atoms with van der Waals surface area (Å²) in [5.41, 5.74) is 1.10. The number of hydrogen-bond acceptors (Lipinski definition) is 3. The quantitative estimate of drug-likeness (QED) is 0.805. The van der Waals surface area contributed by atoms with Gasteiger partial charge in [0, 0.05) is 19.1 Å². The zero-order valence-corrected chi connectivity index (χ0v) is 12.9. The number of carbonyl (C=O) groups is 1. The first kappa shape index (κ1) is 16.3. The van der Waals surface area contributed by atoms with E-state index >= 15 is 0 Å². The van der Waals surface area contributed by atoms with Crippen LogP contribution in [0.3, 0.4) is 0 Å². The van der Waals surface area contributed by atoms with Gasteiger partial charge in [-0.3, -0.25) is 5.32 Å². The molecule has 1 heterocycles. The van der Waals surface area contributed by atoms with Gasteiger partial charge in [-0.25, -0.2) is 9.78 Å². The molecule has 0 spiro atoms. The average Bonchev–Trinajstić information content (AvgIpc) is 2.38. The lowest BCUT2D eigenvalue weighted by molar-refractivity contribution is 0.250. The Morgan fingerprint density at radius 3 is 2.35 bits per heavy atom. The highest BCUT2D eigenvalue weighted by Crippen LogP contribution is 2.16. The maximum Gasteiger partial charge on any atom is 0.320 e. The lowest BCUT2D eigenvalue weighted by Gasteiger charge is -2.23. The molecule has 0 unspecified atom stereocenters. The number of aromatic nitrogens is 1. The fourth-order valence-corrected chi connectivity index (χ4v) is 1.97. The number of nitrogens with zero attached hydrogens (tertiary/aromatic N) is 2. The molecule has 1 aromatic rings. The normalized spacial score (nSPS) is 10.4. The third kappa shape index (κ3) is 5.47. The molecule has 2 N–H and O–H groups in total. The molecule has 0 aliphatic rings. The zero-order valence-electron chi connectivity index (χ0n) is 12.9. The molecule has 5 heteroatoms. The summed E-state index contributed by atoms with van der Waals surface area (Å²) < 4.78 is 0. The van der Waals surface area contributed by atoms with Crippen LogP contribution >= 0.6 is 0 Å². The molecular formula is C15H26N4O. The molecule has 0 aromatic carbocycles. The predicted octanol–water partition coefficient (Wildman–Crippen LogP) is 3.24. The average molecular weight is 278 g/mol. The maximum absolute atomic E-state index is 11.6. The summed E-state index contributed by atoms with van der Waals surface area (Å²) in [7, 11) is 0. The molecule has 0 saturated heterocycles. The Morgan fingerprint density at radius 2 is 1.90 bits per heavy atom. The molecule has 5 nitrogen and oxygen atoms in total. The van der Waals surface area contributed by atoms with Crippen molar-refractivity contribution in [2.45, 2.75) is 46.6 Å². The largest absolute Gasteiger partial charge is 0.370 e. The third-order valence-corrected chi connectivity index (χ3v) is 2.76. The second-order valence-corrected chi connectivity index (χ2v) is 5.14. The van der Waals surface area contributed by atoms with Gasteiger partial charge in [-0.05, 0) is 38.8 Å². The van der Waals surface area contributed by atoms with Gasteiger partial charge in [0.1, 0.15) is 5.82 Å². The van der Waals surface area contributed by atoms with Crippen LogP contribution in [-0.4, -0.2) is 30.1 Å². The number of anilines is 2. The van der Waals surface area contributed by atoms with E-state index in [9.17, 15) is 4.79 Å². The molecule has 0 saturated carbocycles. The second-order valence-electron chi connectivity index (χ2n) is 5.14. The minimum Gasteiger partial charge on any atom is -0.370 e. The van der Waals surface area contributed by atoms with E-state index < -0.39 is 0 Å². The molecule has 0 atom stereocenters. The summed E-state index contributed by atoms with van der Waals surface area (Å²) in [5.74, 6) is 0.569. The molecule has 1 rings (SSSR count). The van der Waals surface area contributed by atoms with Gasteiger partial charge in [-0.15, -0.1) is 0 Å². The molecule has 0 aliphatic carbocycles. The van der Waals surface area contributed by atoms with Crippen molar-refractivity contribution in [2.24, 2.45) is 0 Å². The van der Waals surface area contributed by atoms with Gasteiger partial charge >= 0.3 is 6.03 Å². The van der Waals surface area contributed by atoms with Gasteiger partial charge in [0.25, 0.3) is 0 Å². The van der Waals surface area contributed by atoms with Crippen LogP contribution in [0.2, 0.25) is 0 Å². The summed E-state index contributed by atoms with van der Waals surface area (Å²) in [6.07, 6.45) is 4.03. The summed E-state index contributed by atoms with van der Waals surface area (Å²) >= 11 is 0. The van der Waals surface area contributed by atoms with E-state index in [2.05, 4.69) is 34.4 Å². The summed E-state index contributed by atoms with van der Waals surface area (Å²) in [6, 6.07) is 3.73. The van der Waals surface area contributed by atoms with Gasteiger partial charge < -0.3 is 10.2 Å². The minimum atomic E-state index is -0.223. The van der Waals surface area contributed by atoms with E-state index in [1.54, 1.807) is 0 Å². The maximum atomic E-state index is 11.6. The highest BCUT2D eigenvalue weighted by molar-refractivity contribution is 5.88. The summed E-state index contributed by atoms with van der Waals surface area (Å²) in [5, 5.41) is 5.49. The van der Waals surface area contributed by atoms with Gasteiger partial charge in [-0.1, -0.05) is 13.8 Å². The Hall–Kier alpha value is -1.78. The first-order valence-corrected chi connectivity index (χ1v) is 7.35. The van der Waals surface area contributed by atoms with Crippen LogP contribution < -0.4 is 15.5 Å². The van der Waals surface area contributed by atoms with Gasteiger partial charge in [0.15, 0.2) is 0 Å². The monoisotopic (exact) mass is 278 g/mol. The highest BCUT2D eigenvalue weighted by atomic mass is 16.2. The Labute approximate surface area is 121 Å². The summed E-state index contributed by atoms with van der Waals surface area (Å²) in [4.78, 5) is 18.2. The van der Waals surface area contributed by atoms with Crippen molar-refractivity contribution >= 4 is 17.5 Å². The van der Waals surface area contributed by atoms with Crippen LogP contribution in [0.25, 0.3) is 0 Å². The first-order chi connectivity index (χ1) is 9.56. The molecule has 0 aliphatic heterocycles. The topological polar surface area (TPSA) is 57.3 Å². The van der Waals surface area contributed by atoms with Crippen molar-refractivity contribution in [3.8, 4) is 0 Å². The number of pyridine rings is 1. The van der Waals surface area contributed by atoms with Crippen molar-refractivity contribution in [3.63, 3.8) is 0 Å². The van der Waals surface area contributed by atoms with E-state index in [0.29, 0.717) is 5.82 Å². The number of rotatable bonds is 7. The SMILES string of the molecule is CCCN(CCC)c1ccc(NC(=O)NC(C)C)nc1. The number of nitrogens with one attached hydrogen (secondary N) is 2. The smallest absolute Gasteiger partial charge is 0.320 e. The molecule has 0 fully saturated rings. The van der Waals surface area contributed by atoms with Gasteiger partial charge in [0.05, 0.1) is 11.9 Å². The lowest BCUT2D eigenvalue weighted by Crippen LogP contribution is -2.34. The van der Waals surface area contributed by atoms with Crippen LogP contribution in [0.5, 0.6) is 0 Å². The summed E-state index contributed by atoms with van der Waals surface area (Å²) in [6.45, 7) is 10.2. The van der Waals surface area contributed by atoms with Crippen molar-refractivity contribution in [1.82, 2.24) is 10.3 Å². The first-order valence-electron chi connectivity index (χ1n) is 7.35. The van der Waals surface area contributed by atoms with Crippen LogP contribution in [0.4, 0.5) is 16.3 Å². The van der Waals surface area contributed by atoms with E-state index in [4.69, 9.17) is 0 Å². The third-order valence-electron chi connectivity index (χ3n) is 2.76. The van der Waals surface area contributed by atoms with Crippen LogP contribution in [0.15, 0.2) is 18.3 Å². The van der Waals surface area contributed by atoms with E-state index in [-0.39, 0.29) is 12.1 Å². The van der Waals surface area contributed by atoms with Crippen LogP contribution in [0, 0.1) is 0 Å². The van der Waals surface area contributed by atoms with Crippen molar-refractivity contribution in [2.75, 3.05) is 23.3 Å². The van der Waals surface area contributed by atoms with Crippen molar-refractivity contribution < 1.29 is 4.79 Å². The number of carbonyl (C=O) groups excluding carboxylic acids is 1. The molecule has 2 amide bonds. The van der Waals surface area contributed by atoms with Gasteiger partial charge in [0.2, 0.25) is 0 Å². The Kier molecular flexibility index (Phi) is 6.84. The molecule has 1 aromatic heterocycles. The highest BCUT2D eigenvalue weighted by Gasteiger charge is 2.07. The fraction of sp³-hybridized carbons (Fsp3) is 0.600. The molecule has 20 heavy (non-hydrogen) atoms. The molecule has 0 radical (unpaired) electrons. The lowest BCUT2D eigenvalue weighted by atomic mass is 10.3. The molecule has 112 valence electrons.